The van der Waals surface area contributed by atoms with Crippen LogP contribution in [-0.4, -0.2) is 18.1 Å². The molecule has 0 aromatic heterocycles. The average Bonchev–Trinajstić information content (AvgIpc) is 2.43. The van der Waals surface area contributed by atoms with E-state index < -0.39 is 0 Å². The molecule has 2 N–H and O–H groups in total. The van der Waals surface area contributed by atoms with Gasteiger partial charge in [-0.15, -0.1) is 0 Å². The smallest absolute Gasteiger partial charge is 0.220 e. The number of primary amides is 1. The number of hydrogen-bond donors (Lipinski definition) is 1. The number of nitrogens with two attached hydrogens (primary N) is 1. The Morgan fingerprint density at radius 2 is 2.55 bits per heavy atom. The molecule has 3 heteroatoms. The van der Waals surface area contributed by atoms with Crippen molar-refractivity contribution >= 4 is 5.91 Å². The predicted molar refractivity (Wildman–Crippen MR) is 39.8 cm³/mol. The molecule has 62 valence electrons. The van der Waals surface area contributed by atoms with Gasteiger partial charge in [0, 0.05) is 0 Å². The van der Waals surface area contributed by atoms with Crippen LogP contribution in [0.15, 0.2) is 0 Å². The Morgan fingerprint density at radius 1 is 1.73 bits per heavy atom. The summed E-state index contributed by atoms with van der Waals surface area (Å²) in [4.78, 5) is 10.7. The van der Waals surface area contributed by atoms with Crippen molar-refractivity contribution in [3.63, 3.8) is 0 Å². The van der Waals surface area contributed by atoms with Crippen LogP contribution in [0, 0.1) is 5.92 Å². The second-order valence-corrected chi connectivity index (χ2v) is 3.75. The fourth-order valence-corrected chi connectivity index (χ4v) is 2.29. The Kier molecular flexibility index (Phi) is 1.42. The second kappa shape index (κ2) is 2.21. The number of hydrogen-bond acceptors (Lipinski definition) is 2. The van der Waals surface area contributed by atoms with Crippen LogP contribution in [0.4, 0.5) is 0 Å². The Hall–Kier alpha value is -0.570. The van der Waals surface area contributed by atoms with E-state index >= 15 is 0 Å². The van der Waals surface area contributed by atoms with Gasteiger partial charge >= 0.3 is 0 Å². The monoisotopic (exact) mass is 155 g/mol. The van der Waals surface area contributed by atoms with Gasteiger partial charge in [0.05, 0.1) is 18.6 Å². The fourth-order valence-electron chi connectivity index (χ4n) is 2.29. The Labute approximate surface area is 65.9 Å². The van der Waals surface area contributed by atoms with E-state index in [0.717, 1.165) is 19.4 Å². The summed E-state index contributed by atoms with van der Waals surface area (Å²) in [5, 5.41) is 0. The quantitative estimate of drug-likeness (QED) is 0.628. The molecule has 2 fully saturated rings. The van der Waals surface area contributed by atoms with Gasteiger partial charge in [0.1, 0.15) is 0 Å². The lowest BCUT2D eigenvalue weighted by atomic mass is 9.98. The topological polar surface area (TPSA) is 52.3 Å². The lowest BCUT2D eigenvalue weighted by Gasteiger charge is -2.24. The minimum absolute atomic E-state index is 0.142. The predicted octanol–water partition coefficient (Wildman–Crippen LogP) is 0.431. The van der Waals surface area contributed by atoms with Crippen LogP contribution in [-0.2, 0) is 9.53 Å². The van der Waals surface area contributed by atoms with E-state index in [1.165, 1.54) is 6.42 Å². The first kappa shape index (κ1) is 7.10. The van der Waals surface area contributed by atoms with Crippen LogP contribution in [0.1, 0.15) is 25.7 Å². The highest BCUT2D eigenvalue weighted by molar-refractivity contribution is 5.75. The van der Waals surface area contributed by atoms with Gasteiger partial charge < -0.3 is 10.5 Å². The Balaban J connectivity index is 2.05. The van der Waals surface area contributed by atoms with Gasteiger partial charge in [-0.05, 0) is 25.2 Å². The second-order valence-electron chi connectivity index (χ2n) is 3.75. The molecule has 0 aromatic rings. The van der Waals surface area contributed by atoms with Crippen LogP contribution in [0.2, 0.25) is 0 Å². The molecule has 2 aliphatic rings. The average molecular weight is 155 g/mol. The van der Waals surface area contributed by atoms with Crippen molar-refractivity contribution in [2.24, 2.45) is 11.7 Å². The lowest BCUT2D eigenvalue weighted by molar-refractivity contribution is -0.124. The molecule has 1 amide bonds. The number of amides is 1. The first-order valence-corrected chi connectivity index (χ1v) is 4.12. The van der Waals surface area contributed by atoms with Crippen molar-refractivity contribution in [1.29, 1.82) is 0 Å². The number of rotatable bonds is 2. The number of carbonyl (C=O) groups excluding carboxylic acids is 1. The van der Waals surface area contributed by atoms with Crippen molar-refractivity contribution < 1.29 is 9.53 Å². The van der Waals surface area contributed by atoms with Crippen molar-refractivity contribution in [3.8, 4) is 0 Å². The normalized spacial score (nSPS) is 41.3. The fraction of sp³-hybridized carbons (Fsp3) is 0.875. The molecule has 3 nitrogen and oxygen atoms in total. The van der Waals surface area contributed by atoms with E-state index in [0.29, 0.717) is 12.3 Å². The molecular formula is C8H13NO2. The van der Waals surface area contributed by atoms with E-state index in [1.807, 2.05) is 0 Å². The first-order chi connectivity index (χ1) is 5.20. The molecule has 1 saturated carbocycles. The third-order valence-corrected chi connectivity index (χ3v) is 2.79. The molecule has 1 aliphatic heterocycles. The standard InChI is InChI=1S/C8H13NO2/c9-7(10)4-8-2-1-6(3-8)5-11-8/h6H,1-5H2,(H2,9,10). The minimum Gasteiger partial charge on any atom is -0.374 e. The molecule has 0 radical (unpaired) electrons. The summed E-state index contributed by atoms with van der Waals surface area (Å²) in [7, 11) is 0. The molecule has 11 heavy (non-hydrogen) atoms. The molecule has 1 aliphatic carbocycles. The maximum absolute atomic E-state index is 10.7. The van der Waals surface area contributed by atoms with Crippen molar-refractivity contribution in [3.05, 3.63) is 0 Å². The molecule has 1 heterocycles. The zero-order chi connectivity index (χ0) is 7.90. The molecule has 0 aromatic carbocycles. The summed E-state index contributed by atoms with van der Waals surface area (Å²) in [6.07, 6.45) is 3.72. The third-order valence-electron chi connectivity index (χ3n) is 2.79. The summed E-state index contributed by atoms with van der Waals surface area (Å²) in [6, 6.07) is 0. The molecule has 1 saturated heterocycles. The van der Waals surface area contributed by atoms with Gasteiger partial charge in [-0.25, -0.2) is 0 Å². The van der Waals surface area contributed by atoms with Crippen LogP contribution >= 0.6 is 0 Å². The summed E-state index contributed by atoms with van der Waals surface area (Å²) < 4.78 is 5.55. The lowest BCUT2D eigenvalue weighted by Crippen LogP contribution is -2.32. The zero-order valence-electron chi connectivity index (χ0n) is 6.51. The maximum atomic E-state index is 10.7. The van der Waals surface area contributed by atoms with Crippen LogP contribution in [0.3, 0.4) is 0 Å². The molecule has 2 rings (SSSR count). The van der Waals surface area contributed by atoms with Crippen molar-refractivity contribution in [2.45, 2.75) is 31.3 Å². The van der Waals surface area contributed by atoms with Crippen molar-refractivity contribution in [2.75, 3.05) is 6.61 Å². The summed E-state index contributed by atoms with van der Waals surface area (Å²) in [5.41, 5.74) is 4.99. The van der Waals surface area contributed by atoms with Gasteiger partial charge in [-0.3, -0.25) is 4.79 Å². The molecule has 2 bridgehead atoms. The summed E-state index contributed by atoms with van der Waals surface area (Å²) in [5.74, 6) is 0.474. The van der Waals surface area contributed by atoms with E-state index in [2.05, 4.69) is 0 Å². The van der Waals surface area contributed by atoms with Gasteiger partial charge in [0.25, 0.3) is 0 Å². The van der Waals surface area contributed by atoms with E-state index in [9.17, 15) is 4.79 Å². The molecule has 0 spiro atoms. The van der Waals surface area contributed by atoms with Crippen LogP contribution in [0.25, 0.3) is 0 Å². The summed E-state index contributed by atoms with van der Waals surface area (Å²) in [6.45, 7) is 0.841. The SMILES string of the molecule is NC(=O)CC12CCC(CO1)C2. The third kappa shape index (κ3) is 1.13. The molecular weight excluding hydrogens is 142 g/mol. The molecule has 2 unspecified atom stereocenters. The largest absolute Gasteiger partial charge is 0.374 e. The van der Waals surface area contributed by atoms with Crippen LogP contribution in [0.5, 0.6) is 0 Å². The van der Waals surface area contributed by atoms with Crippen LogP contribution < -0.4 is 5.73 Å². The van der Waals surface area contributed by atoms with Gasteiger partial charge in [-0.1, -0.05) is 0 Å². The number of carbonyl (C=O) groups is 1. The van der Waals surface area contributed by atoms with Gasteiger partial charge in [-0.2, -0.15) is 0 Å². The maximum Gasteiger partial charge on any atom is 0.220 e. The van der Waals surface area contributed by atoms with Crippen molar-refractivity contribution in [1.82, 2.24) is 0 Å². The Morgan fingerprint density at radius 3 is 2.91 bits per heavy atom. The highest BCUT2D eigenvalue weighted by Gasteiger charge is 2.46. The highest BCUT2D eigenvalue weighted by Crippen LogP contribution is 2.45. The highest BCUT2D eigenvalue weighted by atomic mass is 16.5. The summed E-state index contributed by atoms with van der Waals surface area (Å²) >= 11 is 0. The zero-order valence-corrected chi connectivity index (χ0v) is 6.51. The number of fused-ring (bicyclic) bond motifs is 2. The van der Waals surface area contributed by atoms with E-state index in [4.69, 9.17) is 10.5 Å². The Bertz CT molecular complexity index is 183. The molecule has 2 atom stereocenters. The first-order valence-electron chi connectivity index (χ1n) is 4.12. The van der Waals surface area contributed by atoms with Gasteiger partial charge in [0.2, 0.25) is 5.91 Å². The van der Waals surface area contributed by atoms with E-state index in [-0.39, 0.29) is 11.5 Å². The van der Waals surface area contributed by atoms with Gasteiger partial charge in [0.15, 0.2) is 0 Å². The minimum atomic E-state index is -0.229. The number of ether oxygens (including phenoxy) is 1. The van der Waals surface area contributed by atoms with E-state index in [1.54, 1.807) is 0 Å².